The lowest BCUT2D eigenvalue weighted by Gasteiger charge is -2.27. The van der Waals surface area contributed by atoms with Crippen molar-refractivity contribution in [3.05, 3.63) is 35.9 Å². The van der Waals surface area contributed by atoms with Crippen LogP contribution in [-0.2, 0) is 9.53 Å². The van der Waals surface area contributed by atoms with Gasteiger partial charge in [-0.1, -0.05) is 37.3 Å². The van der Waals surface area contributed by atoms with Crippen molar-refractivity contribution in [1.82, 2.24) is 4.90 Å². The van der Waals surface area contributed by atoms with E-state index in [-0.39, 0.29) is 12.0 Å². The van der Waals surface area contributed by atoms with E-state index in [1.165, 1.54) is 12.7 Å². The maximum absolute atomic E-state index is 11.4. The minimum absolute atomic E-state index is 0.179. The van der Waals surface area contributed by atoms with Crippen molar-refractivity contribution < 1.29 is 9.53 Å². The van der Waals surface area contributed by atoms with Crippen molar-refractivity contribution in [1.29, 1.82) is 0 Å². The second-order valence-corrected chi connectivity index (χ2v) is 4.13. The summed E-state index contributed by atoms with van der Waals surface area (Å²) < 4.78 is 4.73. The number of ether oxygens (including phenoxy) is 1. The first-order valence-corrected chi connectivity index (χ1v) is 6.04. The van der Waals surface area contributed by atoms with Gasteiger partial charge in [-0.05, 0) is 25.5 Å². The number of nitrogens with zero attached hydrogens (tertiary/aromatic N) is 1. The third-order valence-electron chi connectivity index (χ3n) is 2.90. The molecule has 3 heteroatoms. The Morgan fingerprint density at radius 2 is 2.00 bits per heavy atom. The quantitative estimate of drug-likeness (QED) is 0.710. The van der Waals surface area contributed by atoms with Gasteiger partial charge in [-0.15, -0.1) is 0 Å². The van der Waals surface area contributed by atoms with Crippen LogP contribution in [0.25, 0.3) is 0 Å². The van der Waals surface area contributed by atoms with Gasteiger partial charge in [-0.3, -0.25) is 9.69 Å². The van der Waals surface area contributed by atoms with Crippen molar-refractivity contribution in [2.24, 2.45) is 0 Å². The van der Waals surface area contributed by atoms with E-state index in [1.807, 2.05) is 18.2 Å². The van der Waals surface area contributed by atoms with Crippen molar-refractivity contribution >= 4 is 5.97 Å². The third kappa shape index (κ3) is 4.19. The predicted molar refractivity (Wildman–Crippen MR) is 68.7 cm³/mol. The summed E-state index contributed by atoms with van der Waals surface area (Å²) in [5.74, 6) is -0.179. The van der Waals surface area contributed by atoms with Crippen LogP contribution in [-0.4, -0.2) is 31.1 Å². The molecule has 0 aliphatic rings. The van der Waals surface area contributed by atoms with Crippen LogP contribution < -0.4 is 0 Å². The van der Waals surface area contributed by atoms with Crippen LogP contribution in [0.3, 0.4) is 0 Å². The molecule has 17 heavy (non-hydrogen) atoms. The second-order valence-electron chi connectivity index (χ2n) is 4.13. The number of rotatable bonds is 6. The van der Waals surface area contributed by atoms with Gasteiger partial charge in [0.15, 0.2) is 0 Å². The largest absolute Gasteiger partial charge is 0.468 e. The molecule has 1 aromatic rings. The molecule has 1 atom stereocenters. The highest BCUT2D eigenvalue weighted by Gasteiger charge is 2.17. The third-order valence-corrected chi connectivity index (χ3v) is 2.90. The highest BCUT2D eigenvalue weighted by molar-refractivity contribution is 5.71. The summed E-state index contributed by atoms with van der Waals surface area (Å²) in [5.41, 5.74) is 1.23. The van der Waals surface area contributed by atoms with Crippen molar-refractivity contribution in [3.8, 4) is 0 Å². The molecule has 94 valence electrons. The first-order chi connectivity index (χ1) is 8.19. The molecule has 1 unspecified atom stereocenters. The van der Waals surface area contributed by atoms with Crippen LogP contribution in [0.4, 0.5) is 0 Å². The van der Waals surface area contributed by atoms with Crippen LogP contribution in [0, 0.1) is 0 Å². The van der Waals surface area contributed by atoms with Gasteiger partial charge in [0.25, 0.3) is 0 Å². The van der Waals surface area contributed by atoms with Gasteiger partial charge < -0.3 is 4.74 Å². The molecule has 0 heterocycles. The highest BCUT2D eigenvalue weighted by Crippen LogP contribution is 2.19. The molecule has 1 rings (SSSR count). The summed E-state index contributed by atoms with van der Waals surface area (Å²) in [6.07, 6.45) is 1.02. The van der Waals surface area contributed by atoms with Crippen LogP contribution in [0.15, 0.2) is 30.3 Å². The Kier molecular flexibility index (Phi) is 5.70. The molecule has 0 fully saturated rings. The first-order valence-electron chi connectivity index (χ1n) is 6.04. The van der Waals surface area contributed by atoms with E-state index in [1.54, 1.807) is 0 Å². The van der Waals surface area contributed by atoms with Crippen LogP contribution in [0.2, 0.25) is 0 Å². The van der Waals surface area contributed by atoms with Gasteiger partial charge in [0.2, 0.25) is 0 Å². The van der Waals surface area contributed by atoms with Gasteiger partial charge in [-0.2, -0.15) is 0 Å². The average Bonchev–Trinajstić information content (AvgIpc) is 2.38. The summed E-state index contributed by atoms with van der Waals surface area (Å²) in [6.45, 7) is 5.47. The normalized spacial score (nSPS) is 12.5. The molecule has 0 saturated heterocycles. The molecule has 0 aliphatic carbocycles. The van der Waals surface area contributed by atoms with E-state index in [0.717, 1.165) is 13.0 Å². The Labute approximate surface area is 103 Å². The Bertz CT molecular complexity index is 337. The standard InChI is InChI=1S/C14H21NO2/c1-4-10-15(11-14(16)17-3)12(2)13-8-6-5-7-9-13/h5-9,12H,4,10-11H2,1-3H3. The molecule has 0 saturated carbocycles. The number of hydrogen-bond donors (Lipinski definition) is 0. The van der Waals surface area contributed by atoms with Gasteiger partial charge in [0.1, 0.15) is 0 Å². The Morgan fingerprint density at radius 3 is 2.53 bits per heavy atom. The average molecular weight is 235 g/mol. The summed E-state index contributed by atoms with van der Waals surface area (Å²) in [6, 6.07) is 10.5. The minimum Gasteiger partial charge on any atom is -0.468 e. The van der Waals surface area contributed by atoms with E-state index in [9.17, 15) is 4.79 Å². The first kappa shape index (κ1) is 13.7. The van der Waals surface area contributed by atoms with Gasteiger partial charge in [0, 0.05) is 6.04 Å². The molecular formula is C14H21NO2. The fraction of sp³-hybridized carbons (Fsp3) is 0.500. The summed E-state index contributed by atoms with van der Waals surface area (Å²) in [5, 5.41) is 0. The molecule has 0 bridgehead atoms. The SMILES string of the molecule is CCCN(CC(=O)OC)C(C)c1ccccc1. The van der Waals surface area contributed by atoms with E-state index in [0.29, 0.717) is 6.54 Å². The van der Waals surface area contributed by atoms with Crippen molar-refractivity contribution in [2.75, 3.05) is 20.2 Å². The lowest BCUT2D eigenvalue weighted by molar-refractivity contribution is -0.142. The van der Waals surface area contributed by atoms with E-state index >= 15 is 0 Å². The van der Waals surface area contributed by atoms with Gasteiger partial charge in [-0.25, -0.2) is 0 Å². The Balaban J connectivity index is 2.73. The predicted octanol–water partition coefficient (Wildman–Crippen LogP) is 2.63. The van der Waals surface area contributed by atoms with Crippen molar-refractivity contribution in [2.45, 2.75) is 26.3 Å². The molecule has 0 radical (unpaired) electrons. The lowest BCUT2D eigenvalue weighted by atomic mass is 10.1. The number of carbonyl (C=O) groups excluding carboxylic acids is 1. The topological polar surface area (TPSA) is 29.5 Å². The molecular weight excluding hydrogens is 214 g/mol. The van der Waals surface area contributed by atoms with Gasteiger partial charge in [0.05, 0.1) is 13.7 Å². The molecule has 0 amide bonds. The molecule has 0 aliphatic heterocycles. The molecule has 3 nitrogen and oxygen atoms in total. The maximum Gasteiger partial charge on any atom is 0.319 e. The van der Waals surface area contributed by atoms with E-state index in [4.69, 9.17) is 4.74 Å². The number of carbonyl (C=O) groups is 1. The fourth-order valence-corrected chi connectivity index (χ4v) is 1.87. The molecule has 0 N–H and O–H groups in total. The zero-order valence-corrected chi connectivity index (χ0v) is 10.8. The lowest BCUT2D eigenvalue weighted by Crippen LogP contribution is -2.33. The Morgan fingerprint density at radius 1 is 1.35 bits per heavy atom. The summed E-state index contributed by atoms with van der Waals surface area (Å²) in [4.78, 5) is 13.5. The summed E-state index contributed by atoms with van der Waals surface area (Å²) >= 11 is 0. The zero-order valence-electron chi connectivity index (χ0n) is 10.8. The smallest absolute Gasteiger partial charge is 0.319 e. The minimum atomic E-state index is -0.179. The number of benzene rings is 1. The summed E-state index contributed by atoms with van der Waals surface area (Å²) in [7, 11) is 1.43. The Hall–Kier alpha value is -1.35. The van der Waals surface area contributed by atoms with Crippen molar-refractivity contribution in [3.63, 3.8) is 0 Å². The number of methoxy groups -OCH3 is 1. The van der Waals surface area contributed by atoms with Crippen LogP contribution in [0.5, 0.6) is 0 Å². The second kappa shape index (κ2) is 7.07. The highest BCUT2D eigenvalue weighted by atomic mass is 16.5. The maximum atomic E-state index is 11.4. The zero-order chi connectivity index (χ0) is 12.7. The molecule has 0 spiro atoms. The monoisotopic (exact) mass is 235 g/mol. The number of esters is 1. The van der Waals surface area contributed by atoms with Gasteiger partial charge >= 0.3 is 5.97 Å². The molecule has 0 aromatic heterocycles. The van der Waals surface area contributed by atoms with Crippen LogP contribution in [0.1, 0.15) is 31.9 Å². The van der Waals surface area contributed by atoms with Crippen LogP contribution >= 0.6 is 0 Å². The molecule has 1 aromatic carbocycles. The van der Waals surface area contributed by atoms with E-state index < -0.39 is 0 Å². The fourth-order valence-electron chi connectivity index (χ4n) is 1.87. The number of hydrogen-bond acceptors (Lipinski definition) is 3. The van der Waals surface area contributed by atoms with E-state index in [2.05, 4.69) is 30.9 Å².